The van der Waals surface area contributed by atoms with Crippen molar-refractivity contribution in [3.05, 3.63) is 35.4 Å². The van der Waals surface area contributed by atoms with Crippen LogP contribution in [0.25, 0.3) is 0 Å². The van der Waals surface area contributed by atoms with E-state index < -0.39 is 53.4 Å². The Balaban J connectivity index is 2.43. The minimum Gasteiger partial charge on any atom is -0.386 e. The molecule has 1 rings (SSSR count). The van der Waals surface area contributed by atoms with Crippen LogP contribution in [0, 0.1) is 11.6 Å². The van der Waals surface area contributed by atoms with Crippen LogP contribution in [0.1, 0.15) is 11.7 Å². The summed E-state index contributed by atoms with van der Waals surface area (Å²) in [5, 5.41) is 11.7. The molecule has 0 aromatic heterocycles. The number of carbonyl (C=O) groups excluding carboxylic acids is 1. The first kappa shape index (κ1) is 17.7. The molecular weight excluding hydrogens is 317 g/mol. The van der Waals surface area contributed by atoms with Gasteiger partial charge in [-0.05, 0) is 12.1 Å². The van der Waals surface area contributed by atoms with E-state index in [9.17, 15) is 31.9 Å². The number of carbonyl (C=O) groups is 1. The minimum atomic E-state index is -4.37. The quantitative estimate of drug-likeness (QED) is 0.788. The Morgan fingerprint density at radius 2 is 1.86 bits per heavy atom. The second-order valence-electron chi connectivity index (χ2n) is 4.06. The first-order valence-corrected chi connectivity index (χ1v) is 6.89. The average molecular weight is 329 g/mol. The van der Waals surface area contributed by atoms with Crippen molar-refractivity contribution in [1.82, 2.24) is 5.32 Å². The molecule has 0 aliphatic heterocycles. The van der Waals surface area contributed by atoms with E-state index >= 15 is 0 Å². The normalized spacial score (nSPS) is 13.0. The summed E-state index contributed by atoms with van der Waals surface area (Å²) in [5.41, 5.74) is -0.597. The van der Waals surface area contributed by atoms with Gasteiger partial charge in [-0.2, -0.15) is 13.2 Å². The molecule has 118 valence electrons. The summed E-state index contributed by atoms with van der Waals surface area (Å²) in [5.74, 6) is -4.34. The number of benzene rings is 1. The molecule has 0 saturated carbocycles. The van der Waals surface area contributed by atoms with Crippen molar-refractivity contribution in [3.8, 4) is 0 Å². The van der Waals surface area contributed by atoms with Crippen molar-refractivity contribution >= 4 is 17.7 Å². The fourth-order valence-corrected chi connectivity index (χ4v) is 2.07. The number of nitrogens with one attached hydrogen (secondary N) is 1. The molecule has 0 bridgehead atoms. The van der Waals surface area contributed by atoms with Crippen LogP contribution < -0.4 is 5.32 Å². The number of aliphatic hydroxyl groups is 1. The summed E-state index contributed by atoms with van der Waals surface area (Å²) in [6.45, 7) is -0.497. The highest BCUT2D eigenvalue weighted by Gasteiger charge is 2.27. The Morgan fingerprint density at radius 1 is 1.29 bits per heavy atom. The number of rotatable bonds is 6. The lowest BCUT2D eigenvalue weighted by Gasteiger charge is -2.14. The van der Waals surface area contributed by atoms with Crippen LogP contribution in [-0.4, -0.2) is 35.2 Å². The van der Waals surface area contributed by atoms with Gasteiger partial charge in [0.1, 0.15) is 17.7 Å². The molecule has 21 heavy (non-hydrogen) atoms. The summed E-state index contributed by atoms with van der Waals surface area (Å²) < 4.78 is 62.2. The number of aliphatic hydroxyl groups excluding tert-OH is 1. The molecule has 1 atom stereocenters. The van der Waals surface area contributed by atoms with Crippen molar-refractivity contribution in [1.29, 1.82) is 0 Å². The van der Waals surface area contributed by atoms with Crippen molar-refractivity contribution in [2.24, 2.45) is 0 Å². The molecule has 0 aliphatic carbocycles. The van der Waals surface area contributed by atoms with E-state index in [4.69, 9.17) is 0 Å². The molecule has 0 heterocycles. The number of thioether (sulfide) groups is 1. The number of hydrogen-bond acceptors (Lipinski definition) is 3. The van der Waals surface area contributed by atoms with Crippen LogP contribution in [0.15, 0.2) is 18.2 Å². The summed E-state index contributed by atoms with van der Waals surface area (Å²) in [6.07, 6.45) is -6.00. The highest BCUT2D eigenvalue weighted by molar-refractivity contribution is 8.00. The Labute approximate surface area is 121 Å². The smallest absolute Gasteiger partial charge is 0.386 e. The summed E-state index contributed by atoms with van der Waals surface area (Å²) in [7, 11) is 0. The fourth-order valence-electron chi connectivity index (χ4n) is 1.45. The number of halogens is 5. The zero-order chi connectivity index (χ0) is 16.0. The Bertz CT molecular complexity index is 475. The number of amides is 1. The Morgan fingerprint density at radius 3 is 2.38 bits per heavy atom. The molecule has 0 saturated heterocycles. The Hall–Kier alpha value is -1.35. The molecule has 1 aromatic rings. The van der Waals surface area contributed by atoms with Gasteiger partial charge in [-0.1, -0.05) is 6.07 Å². The third-order valence-electron chi connectivity index (χ3n) is 2.32. The fraction of sp³-hybridized carbons (Fsp3) is 0.417. The molecule has 2 N–H and O–H groups in total. The van der Waals surface area contributed by atoms with E-state index in [1.807, 2.05) is 0 Å². The lowest BCUT2D eigenvalue weighted by atomic mass is 10.1. The van der Waals surface area contributed by atoms with Gasteiger partial charge < -0.3 is 10.4 Å². The molecule has 9 heteroatoms. The van der Waals surface area contributed by atoms with Gasteiger partial charge in [0.15, 0.2) is 0 Å². The predicted molar refractivity (Wildman–Crippen MR) is 67.7 cm³/mol. The Kier molecular flexibility index (Phi) is 6.41. The zero-order valence-corrected chi connectivity index (χ0v) is 11.4. The largest absolute Gasteiger partial charge is 0.397 e. The van der Waals surface area contributed by atoms with Crippen LogP contribution in [0.2, 0.25) is 0 Å². The molecule has 0 aliphatic rings. The summed E-state index contributed by atoms with van der Waals surface area (Å²) in [6, 6.07) is 3.01. The topological polar surface area (TPSA) is 49.3 Å². The first-order chi connectivity index (χ1) is 9.70. The van der Waals surface area contributed by atoms with Crippen molar-refractivity contribution in [2.45, 2.75) is 12.3 Å². The zero-order valence-electron chi connectivity index (χ0n) is 10.6. The van der Waals surface area contributed by atoms with E-state index in [2.05, 4.69) is 5.32 Å². The number of alkyl halides is 3. The highest BCUT2D eigenvalue weighted by atomic mass is 32.2. The van der Waals surface area contributed by atoms with E-state index in [1.165, 1.54) is 0 Å². The summed E-state index contributed by atoms with van der Waals surface area (Å²) >= 11 is 0.355. The maximum absolute atomic E-state index is 13.3. The first-order valence-electron chi connectivity index (χ1n) is 5.74. The maximum Gasteiger partial charge on any atom is 0.397 e. The molecule has 0 radical (unpaired) electrons. The van der Waals surface area contributed by atoms with Gasteiger partial charge in [0.25, 0.3) is 0 Å². The van der Waals surface area contributed by atoms with Crippen molar-refractivity contribution in [3.63, 3.8) is 0 Å². The van der Waals surface area contributed by atoms with Crippen LogP contribution in [0.5, 0.6) is 0 Å². The lowest BCUT2D eigenvalue weighted by Crippen LogP contribution is -2.31. The third-order valence-corrected chi connectivity index (χ3v) is 3.32. The molecule has 1 unspecified atom stereocenters. The van der Waals surface area contributed by atoms with E-state index in [0.29, 0.717) is 11.8 Å². The van der Waals surface area contributed by atoms with Gasteiger partial charge in [0.2, 0.25) is 5.91 Å². The molecule has 0 spiro atoms. The van der Waals surface area contributed by atoms with Gasteiger partial charge in [-0.3, -0.25) is 4.79 Å². The van der Waals surface area contributed by atoms with Crippen molar-refractivity contribution < 1.29 is 31.9 Å². The van der Waals surface area contributed by atoms with Crippen LogP contribution >= 0.6 is 11.8 Å². The lowest BCUT2D eigenvalue weighted by molar-refractivity contribution is -0.119. The maximum atomic E-state index is 13.3. The SMILES string of the molecule is O=C(CSCC(F)(F)F)NCC(O)c1c(F)cccc1F. The molecule has 1 aromatic carbocycles. The van der Waals surface area contributed by atoms with Gasteiger partial charge in [-0.15, -0.1) is 11.8 Å². The molecule has 1 amide bonds. The monoisotopic (exact) mass is 329 g/mol. The van der Waals surface area contributed by atoms with Crippen LogP contribution in [0.3, 0.4) is 0 Å². The highest BCUT2D eigenvalue weighted by Crippen LogP contribution is 2.21. The molecule has 3 nitrogen and oxygen atoms in total. The number of hydrogen-bond donors (Lipinski definition) is 2. The van der Waals surface area contributed by atoms with Gasteiger partial charge in [0.05, 0.1) is 17.1 Å². The van der Waals surface area contributed by atoms with Gasteiger partial charge in [-0.25, -0.2) is 8.78 Å². The van der Waals surface area contributed by atoms with Crippen LogP contribution in [0.4, 0.5) is 22.0 Å². The average Bonchev–Trinajstić information content (AvgIpc) is 2.34. The molecule has 0 fully saturated rings. The standard InChI is InChI=1S/C12H12F5NO2S/c13-7-2-1-3-8(14)11(7)9(19)4-18-10(20)5-21-6-12(15,16)17/h1-3,9,19H,4-6H2,(H,18,20). The minimum absolute atomic E-state index is 0.355. The molecular formula is C12H12F5NO2S. The second kappa shape index (κ2) is 7.60. The van der Waals surface area contributed by atoms with Crippen molar-refractivity contribution in [2.75, 3.05) is 18.1 Å². The summed E-state index contributed by atoms with van der Waals surface area (Å²) in [4.78, 5) is 11.2. The van der Waals surface area contributed by atoms with Gasteiger partial charge in [0, 0.05) is 6.54 Å². The second-order valence-corrected chi connectivity index (χ2v) is 5.05. The predicted octanol–water partition coefficient (Wildman–Crippen LogP) is 2.41. The third kappa shape index (κ3) is 6.30. The van der Waals surface area contributed by atoms with E-state index in [-0.39, 0.29) is 0 Å². The van der Waals surface area contributed by atoms with E-state index in [0.717, 1.165) is 18.2 Å². The van der Waals surface area contributed by atoms with Gasteiger partial charge >= 0.3 is 6.18 Å². The van der Waals surface area contributed by atoms with E-state index in [1.54, 1.807) is 0 Å². The van der Waals surface area contributed by atoms with Crippen LogP contribution in [-0.2, 0) is 4.79 Å².